The van der Waals surface area contributed by atoms with Crippen molar-refractivity contribution >= 4 is 41.0 Å². The number of aryl methyl sites for hydroxylation is 1. The summed E-state index contributed by atoms with van der Waals surface area (Å²) in [6.07, 6.45) is 1.06. The Morgan fingerprint density at radius 2 is 1.66 bits per heavy atom. The quantitative estimate of drug-likeness (QED) is 0.548. The number of nitrogens with one attached hydrogen (secondary N) is 2. The first-order valence-corrected chi connectivity index (χ1v) is 10.3. The zero-order valence-corrected chi connectivity index (χ0v) is 17.4. The highest BCUT2D eigenvalue weighted by Crippen LogP contribution is 2.27. The molecule has 0 radical (unpaired) electrons. The van der Waals surface area contributed by atoms with Gasteiger partial charge in [-0.3, -0.25) is 9.59 Å². The van der Waals surface area contributed by atoms with Gasteiger partial charge in [0.05, 0.1) is 5.69 Å². The number of urea groups is 1. The van der Waals surface area contributed by atoms with E-state index in [-0.39, 0.29) is 24.8 Å². The van der Waals surface area contributed by atoms with E-state index in [9.17, 15) is 14.4 Å². The third kappa shape index (κ3) is 7.15. The Hall–Kier alpha value is -3.00. The molecule has 8 heteroatoms. The Bertz CT molecular complexity index is 873. The molecule has 0 fully saturated rings. The van der Waals surface area contributed by atoms with E-state index in [1.807, 2.05) is 49.4 Å². The number of nitrogens with zero attached hydrogens (tertiary/aromatic N) is 1. The molecule has 0 saturated heterocycles. The summed E-state index contributed by atoms with van der Waals surface area (Å²) in [5.74, 6) is -0.112. The highest BCUT2D eigenvalue weighted by molar-refractivity contribution is 7.99. The number of thioether (sulfide) groups is 1. The lowest BCUT2D eigenvalue weighted by molar-refractivity contribution is -0.118. The third-order valence-corrected chi connectivity index (χ3v) is 5.21. The van der Waals surface area contributed by atoms with Crippen LogP contribution in [0, 0.1) is 0 Å². The Morgan fingerprint density at radius 3 is 2.34 bits per heavy atom. The number of para-hydroxylation sites is 2. The fourth-order valence-electron chi connectivity index (χ4n) is 2.60. The molecular formula is C21H26N4O3S. The summed E-state index contributed by atoms with van der Waals surface area (Å²) in [6, 6.07) is 14.5. The average Bonchev–Trinajstić information content (AvgIpc) is 2.69. The van der Waals surface area contributed by atoms with Gasteiger partial charge in [0.1, 0.15) is 6.54 Å². The lowest BCUT2D eigenvalue weighted by Gasteiger charge is -2.19. The standard InChI is InChI=1S/C21H26N4O3S/c1-3-15-8-4-5-9-16(15)23-20(27)14-25(2)21(28)24-17-10-6-7-11-18(17)29-13-12-19(22)26/h4-11H,3,12-14H2,1-2H3,(H2,22,26)(H,23,27)(H,24,28). The summed E-state index contributed by atoms with van der Waals surface area (Å²) in [5.41, 5.74) is 7.58. The zero-order valence-electron chi connectivity index (χ0n) is 16.6. The summed E-state index contributed by atoms with van der Waals surface area (Å²) in [5, 5.41) is 5.66. The van der Waals surface area contributed by atoms with Gasteiger partial charge in [-0.05, 0) is 30.2 Å². The molecule has 7 nitrogen and oxygen atoms in total. The molecule has 0 bridgehead atoms. The van der Waals surface area contributed by atoms with Crippen LogP contribution in [0.15, 0.2) is 53.4 Å². The molecule has 0 aliphatic heterocycles. The minimum Gasteiger partial charge on any atom is -0.370 e. The molecule has 0 atom stereocenters. The Labute approximate surface area is 175 Å². The summed E-state index contributed by atoms with van der Waals surface area (Å²) in [6.45, 7) is 1.93. The van der Waals surface area contributed by atoms with E-state index >= 15 is 0 Å². The first-order chi connectivity index (χ1) is 13.9. The number of hydrogen-bond acceptors (Lipinski definition) is 4. The number of likely N-dealkylation sites (N-methyl/N-ethyl adjacent to an activating group) is 1. The van der Waals surface area contributed by atoms with E-state index in [0.29, 0.717) is 11.4 Å². The molecule has 2 aromatic rings. The molecule has 2 rings (SSSR count). The lowest BCUT2D eigenvalue weighted by Crippen LogP contribution is -2.37. The number of nitrogens with two attached hydrogens (primary N) is 1. The maximum absolute atomic E-state index is 12.5. The van der Waals surface area contributed by atoms with Crippen molar-refractivity contribution in [2.75, 3.05) is 30.0 Å². The van der Waals surface area contributed by atoms with E-state index in [4.69, 9.17) is 5.73 Å². The number of benzene rings is 2. The van der Waals surface area contributed by atoms with Crippen molar-refractivity contribution in [1.29, 1.82) is 0 Å². The van der Waals surface area contributed by atoms with Crippen molar-refractivity contribution in [3.05, 3.63) is 54.1 Å². The fourth-order valence-corrected chi connectivity index (χ4v) is 3.57. The highest BCUT2D eigenvalue weighted by Gasteiger charge is 2.15. The van der Waals surface area contributed by atoms with E-state index in [0.717, 1.165) is 22.6 Å². The minimum absolute atomic E-state index is 0.0825. The van der Waals surface area contributed by atoms with Gasteiger partial charge in [-0.2, -0.15) is 0 Å². The van der Waals surface area contributed by atoms with Crippen LogP contribution < -0.4 is 16.4 Å². The van der Waals surface area contributed by atoms with Crippen molar-refractivity contribution in [2.24, 2.45) is 5.73 Å². The van der Waals surface area contributed by atoms with Gasteiger partial charge >= 0.3 is 6.03 Å². The van der Waals surface area contributed by atoms with Gasteiger partial charge in [-0.1, -0.05) is 37.3 Å². The van der Waals surface area contributed by atoms with Crippen LogP contribution in [-0.4, -0.2) is 42.1 Å². The number of carbonyl (C=O) groups is 3. The fraction of sp³-hybridized carbons (Fsp3) is 0.286. The molecule has 0 aliphatic carbocycles. The van der Waals surface area contributed by atoms with Crippen LogP contribution in [0.3, 0.4) is 0 Å². The van der Waals surface area contributed by atoms with E-state index in [1.54, 1.807) is 13.1 Å². The summed E-state index contributed by atoms with van der Waals surface area (Å²) < 4.78 is 0. The minimum atomic E-state index is -0.396. The second-order valence-electron chi connectivity index (χ2n) is 6.41. The Balaban J connectivity index is 1.93. The Morgan fingerprint density at radius 1 is 1.00 bits per heavy atom. The summed E-state index contributed by atoms with van der Waals surface area (Å²) in [4.78, 5) is 37.9. The number of amides is 4. The third-order valence-electron chi connectivity index (χ3n) is 4.13. The van der Waals surface area contributed by atoms with Crippen LogP contribution in [0.2, 0.25) is 0 Å². The predicted molar refractivity (Wildman–Crippen MR) is 117 cm³/mol. The summed E-state index contributed by atoms with van der Waals surface area (Å²) in [7, 11) is 1.56. The molecule has 0 spiro atoms. The van der Waals surface area contributed by atoms with Crippen molar-refractivity contribution in [3.63, 3.8) is 0 Å². The molecule has 154 valence electrons. The lowest BCUT2D eigenvalue weighted by atomic mass is 10.1. The summed E-state index contributed by atoms with van der Waals surface area (Å²) >= 11 is 1.44. The van der Waals surface area contributed by atoms with Crippen LogP contribution in [0.25, 0.3) is 0 Å². The van der Waals surface area contributed by atoms with Crippen LogP contribution in [0.5, 0.6) is 0 Å². The maximum Gasteiger partial charge on any atom is 0.322 e. The van der Waals surface area contributed by atoms with Gasteiger partial charge in [-0.25, -0.2) is 4.79 Å². The maximum atomic E-state index is 12.5. The van der Waals surface area contributed by atoms with Gasteiger partial charge < -0.3 is 21.3 Å². The number of rotatable bonds is 9. The molecule has 2 aromatic carbocycles. The molecule has 0 aliphatic rings. The van der Waals surface area contributed by atoms with E-state index < -0.39 is 6.03 Å². The molecular weight excluding hydrogens is 388 g/mol. The van der Waals surface area contributed by atoms with E-state index in [2.05, 4.69) is 10.6 Å². The average molecular weight is 415 g/mol. The topological polar surface area (TPSA) is 105 Å². The highest BCUT2D eigenvalue weighted by atomic mass is 32.2. The monoisotopic (exact) mass is 414 g/mol. The van der Waals surface area contributed by atoms with Crippen LogP contribution in [-0.2, 0) is 16.0 Å². The van der Waals surface area contributed by atoms with Crippen LogP contribution in [0.4, 0.5) is 16.2 Å². The number of carbonyl (C=O) groups excluding carboxylic acids is 3. The number of hydrogen-bond donors (Lipinski definition) is 3. The molecule has 0 unspecified atom stereocenters. The first kappa shape index (κ1) is 22.3. The predicted octanol–water partition coefficient (Wildman–Crippen LogP) is 3.32. The van der Waals surface area contributed by atoms with Crippen LogP contribution in [0.1, 0.15) is 18.9 Å². The van der Waals surface area contributed by atoms with Crippen molar-refractivity contribution in [1.82, 2.24) is 4.90 Å². The normalized spacial score (nSPS) is 10.3. The van der Waals surface area contributed by atoms with Crippen molar-refractivity contribution in [2.45, 2.75) is 24.7 Å². The zero-order chi connectivity index (χ0) is 21.2. The molecule has 4 N–H and O–H groups in total. The van der Waals surface area contributed by atoms with Gasteiger partial charge in [0.25, 0.3) is 0 Å². The van der Waals surface area contributed by atoms with Gasteiger partial charge in [0, 0.05) is 29.8 Å². The van der Waals surface area contributed by atoms with Gasteiger partial charge in [0.15, 0.2) is 0 Å². The largest absolute Gasteiger partial charge is 0.370 e. The van der Waals surface area contributed by atoms with Crippen molar-refractivity contribution < 1.29 is 14.4 Å². The molecule has 0 heterocycles. The van der Waals surface area contributed by atoms with Crippen LogP contribution >= 0.6 is 11.8 Å². The van der Waals surface area contributed by atoms with Gasteiger partial charge in [0.2, 0.25) is 11.8 Å². The smallest absolute Gasteiger partial charge is 0.322 e. The van der Waals surface area contributed by atoms with Gasteiger partial charge in [-0.15, -0.1) is 11.8 Å². The first-order valence-electron chi connectivity index (χ1n) is 9.30. The molecule has 0 saturated carbocycles. The molecule has 4 amide bonds. The molecule has 0 aromatic heterocycles. The number of anilines is 2. The Kier molecular flexibility index (Phi) is 8.54. The molecule has 29 heavy (non-hydrogen) atoms. The van der Waals surface area contributed by atoms with Crippen molar-refractivity contribution in [3.8, 4) is 0 Å². The van der Waals surface area contributed by atoms with E-state index in [1.165, 1.54) is 16.7 Å². The SMILES string of the molecule is CCc1ccccc1NC(=O)CN(C)C(=O)Nc1ccccc1SCCC(N)=O. The second kappa shape index (κ2) is 11.1. The number of primary amides is 1. The second-order valence-corrected chi connectivity index (χ2v) is 7.54.